The summed E-state index contributed by atoms with van der Waals surface area (Å²) in [4.78, 5) is 25.7. The number of benzene rings is 1. The molecule has 1 saturated heterocycles. The molecule has 1 aliphatic heterocycles. The highest BCUT2D eigenvalue weighted by Gasteiger charge is 2.54. The first kappa shape index (κ1) is 18.0. The zero-order chi connectivity index (χ0) is 15.7. The summed E-state index contributed by atoms with van der Waals surface area (Å²) >= 11 is 5.81. The van der Waals surface area contributed by atoms with Crippen LogP contribution in [-0.2, 0) is 9.59 Å². The van der Waals surface area contributed by atoms with Gasteiger partial charge in [0.1, 0.15) is 0 Å². The average molecular weight is 359 g/mol. The van der Waals surface area contributed by atoms with E-state index in [1.807, 2.05) is 4.90 Å². The van der Waals surface area contributed by atoms with Crippen molar-refractivity contribution < 1.29 is 14.7 Å². The summed E-state index contributed by atoms with van der Waals surface area (Å²) in [6, 6.07) is 6.93. The predicted molar refractivity (Wildman–Crippen MR) is 91.2 cm³/mol. The van der Waals surface area contributed by atoms with E-state index in [4.69, 9.17) is 11.6 Å². The van der Waals surface area contributed by atoms with E-state index in [0.29, 0.717) is 23.8 Å². The number of carbonyl (C=O) groups excluding carboxylic acids is 1. The van der Waals surface area contributed by atoms with Crippen LogP contribution in [0.25, 0.3) is 0 Å². The molecule has 2 fully saturated rings. The van der Waals surface area contributed by atoms with Gasteiger partial charge in [-0.15, -0.1) is 12.4 Å². The van der Waals surface area contributed by atoms with Crippen molar-refractivity contribution in [3.05, 3.63) is 29.3 Å². The molecule has 5 nitrogen and oxygen atoms in total. The van der Waals surface area contributed by atoms with Crippen LogP contribution in [0.5, 0.6) is 0 Å². The molecule has 0 unspecified atom stereocenters. The normalized spacial score (nSPS) is 26.4. The Balaban J connectivity index is 0.00000192. The van der Waals surface area contributed by atoms with Crippen molar-refractivity contribution in [1.29, 1.82) is 0 Å². The van der Waals surface area contributed by atoms with E-state index in [2.05, 4.69) is 5.32 Å². The van der Waals surface area contributed by atoms with Crippen LogP contribution in [0, 0.1) is 11.3 Å². The van der Waals surface area contributed by atoms with Gasteiger partial charge in [-0.05, 0) is 43.0 Å². The highest BCUT2D eigenvalue weighted by molar-refractivity contribution is 6.30. The third kappa shape index (κ3) is 3.62. The van der Waals surface area contributed by atoms with Crippen LogP contribution in [0.4, 0.5) is 5.69 Å². The number of carbonyl (C=O) groups is 2. The van der Waals surface area contributed by atoms with Gasteiger partial charge in [0.25, 0.3) is 0 Å². The summed E-state index contributed by atoms with van der Waals surface area (Å²) in [5.41, 5.74) is 0.0577. The highest BCUT2D eigenvalue weighted by Crippen LogP contribution is 2.48. The maximum Gasteiger partial charge on any atom is 0.311 e. The Morgan fingerprint density at radius 2 is 2.04 bits per heavy atom. The molecule has 0 bridgehead atoms. The molecule has 0 aromatic heterocycles. The van der Waals surface area contributed by atoms with Crippen LogP contribution in [-0.4, -0.2) is 41.5 Å². The van der Waals surface area contributed by atoms with E-state index in [1.54, 1.807) is 24.3 Å². The summed E-state index contributed by atoms with van der Waals surface area (Å²) in [6.07, 6.45) is 2.64. The van der Waals surface area contributed by atoms with Gasteiger partial charge in [-0.3, -0.25) is 14.5 Å². The van der Waals surface area contributed by atoms with Gasteiger partial charge in [0.15, 0.2) is 0 Å². The van der Waals surface area contributed by atoms with Gasteiger partial charge in [0.2, 0.25) is 5.91 Å². The lowest BCUT2D eigenvalue weighted by Crippen LogP contribution is -2.37. The number of likely N-dealkylation sites (tertiary alicyclic amines) is 1. The number of carboxylic acids is 1. The molecule has 1 heterocycles. The molecule has 23 heavy (non-hydrogen) atoms. The lowest BCUT2D eigenvalue weighted by Gasteiger charge is -2.23. The summed E-state index contributed by atoms with van der Waals surface area (Å²) < 4.78 is 0. The van der Waals surface area contributed by atoms with Crippen LogP contribution in [0.15, 0.2) is 24.3 Å². The average Bonchev–Trinajstić information content (AvgIpc) is 2.99. The first-order valence-electron chi connectivity index (χ1n) is 7.51. The van der Waals surface area contributed by atoms with Crippen molar-refractivity contribution in [3.63, 3.8) is 0 Å². The molecule has 2 N–H and O–H groups in total. The Morgan fingerprint density at radius 1 is 1.35 bits per heavy atom. The molecular weight excluding hydrogens is 339 g/mol. The number of rotatable bonds is 4. The molecule has 3 rings (SSSR count). The van der Waals surface area contributed by atoms with Crippen molar-refractivity contribution in [2.45, 2.75) is 19.3 Å². The maximum absolute atomic E-state index is 12.1. The van der Waals surface area contributed by atoms with Gasteiger partial charge in [-0.25, -0.2) is 0 Å². The van der Waals surface area contributed by atoms with Gasteiger partial charge in [-0.1, -0.05) is 18.0 Å². The minimum atomic E-state index is -0.712. The number of nitrogens with one attached hydrogen (secondary N) is 1. The molecule has 0 radical (unpaired) electrons. The van der Waals surface area contributed by atoms with E-state index in [0.717, 1.165) is 19.3 Å². The van der Waals surface area contributed by atoms with Crippen molar-refractivity contribution in [2.24, 2.45) is 11.3 Å². The summed E-state index contributed by atoms with van der Waals surface area (Å²) in [7, 11) is 0. The Morgan fingerprint density at radius 3 is 2.65 bits per heavy atom. The van der Waals surface area contributed by atoms with Crippen molar-refractivity contribution in [1.82, 2.24) is 4.90 Å². The monoisotopic (exact) mass is 358 g/mol. The van der Waals surface area contributed by atoms with Crippen molar-refractivity contribution in [2.75, 3.05) is 25.0 Å². The maximum atomic E-state index is 12.1. The van der Waals surface area contributed by atoms with Crippen molar-refractivity contribution >= 4 is 41.6 Å². The molecule has 1 aromatic rings. The predicted octanol–water partition coefficient (Wildman–Crippen LogP) is 2.89. The molecule has 2 aliphatic rings. The second-order valence-electron chi connectivity index (χ2n) is 6.28. The number of aliphatic carboxylic acids is 1. The second-order valence-corrected chi connectivity index (χ2v) is 6.71. The Labute approximate surface area is 146 Å². The number of hydrogen-bond donors (Lipinski definition) is 2. The zero-order valence-corrected chi connectivity index (χ0v) is 14.2. The number of anilines is 1. The van der Waals surface area contributed by atoms with E-state index in [1.165, 1.54) is 0 Å². The molecule has 1 aliphatic carbocycles. The van der Waals surface area contributed by atoms with Crippen LogP contribution in [0.2, 0.25) is 5.02 Å². The summed E-state index contributed by atoms with van der Waals surface area (Å²) in [6.45, 7) is 1.40. The van der Waals surface area contributed by atoms with E-state index in [9.17, 15) is 14.7 Å². The number of nitrogens with zero attached hydrogens (tertiary/aromatic N) is 1. The molecule has 1 saturated carbocycles. The third-order valence-electron chi connectivity index (χ3n) is 4.86. The molecule has 0 spiro atoms. The fraction of sp³-hybridized carbons (Fsp3) is 0.500. The van der Waals surface area contributed by atoms with Crippen molar-refractivity contribution in [3.8, 4) is 0 Å². The van der Waals surface area contributed by atoms with Crippen LogP contribution in [0.3, 0.4) is 0 Å². The topological polar surface area (TPSA) is 69.6 Å². The number of halogens is 2. The molecule has 1 amide bonds. The standard InChI is InChI=1S/C16H19ClN2O3.ClH/c17-12-3-5-13(6-4-12)18-14(20)9-19-8-11-2-1-7-16(11,10-19)15(21)22;/h3-6,11H,1-2,7-10H2,(H,18,20)(H,21,22);1H/t11-,16+;/m0./s1. The quantitative estimate of drug-likeness (QED) is 0.867. The van der Waals surface area contributed by atoms with Gasteiger partial charge in [-0.2, -0.15) is 0 Å². The third-order valence-corrected chi connectivity index (χ3v) is 5.11. The minimum absolute atomic E-state index is 0. The molecular formula is C16H20Cl2N2O3. The molecule has 1 aromatic carbocycles. The lowest BCUT2D eigenvalue weighted by molar-refractivity contribution is -0.149. The second kappa shape index (κ2) is 7.07. The lowest BCUT2D eigenvalue weighted by atomic mass is 9.81. The van der Waals surface area contributed by atoms with Gasteiger partial charge in [0.05, 0.1) is 12.0 Å². The van der Waals surface area contributed by atoms with E-state index in [-0.39, 0.29) is 30.8 Å². The number of hydrogen-bond acceptors (Lipinski definition) is 3. The first-order valence-corrected chi connectivity index (χ1v) is 7.88. The van der Waals surface area contributed by atoms with Gasteiger partial charge >= 0.3 is 5.97 Å². The number of carboxylic acid groups (broad SMARTS) is 1. The van der Waals surface area contributed by atoms with Gasteiger partial charge < -0.3 is 10.4 Å². The minimum Gasteiger partial charge on any atom is -0.481 e. The molecule has 2 atom stereocenters. The molecule has 126 valence electrons. The largest absolute Gasteiger partial charge is 0.481 e. The number of amides is 1. The highest BCUT2D eigenvalue weighted by atomic mass is 35.5. The van der Waals surface area contributed by atoms with Gasteiger partial charge in [0, 0.05) is 23.8 Å². The van der Waals surface area contributed by atoms with Crippen LogP contribution >= 0.6 is 24.0 Å². The van der Waals surface area contributed by atoms with E-state index < -0.39 is 11.4 Å². The first-order chi connectivity index (χ1) is 10.5. The van der Waals surface area contributed by atoms with Crippen LogP contribution in [0.1, 0.15) is 19.3 Å². The smallest absolute Gasteiger partial charge is 0.311 e. The number of fused-ring (bicyclic) bond motifs is 1. The SMILES string of the molecule is Cl.O=C(CN1C[C@@H]2CCC[C@@]2(C(=O)O)C1)Nc1ccc(Cl)cc1. The zero-order valence-electron chi connectivity index (χ0n) is 12.6. The van der Waals surface area contributed by atoms with Crippen LogP contribution < -0.4 is 5.32 Å². The fourth-order valence-corrected chi connectivity index (χ4v) is 3.93. The Kier molecular flexibility index (Phi) is 5.55. The molecule has 7 heteroatoms. The fourth-order valence-electron chi connectivity index (χ4n) is 3.80. The summed E-state index contributed by atoms with van der Waals surface area (Å²) in [5, 5.41) is 13.0. The summed E-state index contributed by atoms with van der Waals surface area (Å²) in [5.74, 6) is -0.660. The Hall–Kier alpha value is -1.30. The Bertz CT molecular complexity index is 593. The van der Waals surface area contributed by atoms with E-state index >= 15 is 0 Å².